The highest BCUT2D eigenvalue weighted by atomic mass is 16.5. The number of rotatable bonds is 63. The van der Waals surface area contributed by atoms with E-state index in [0.29, 0.717) is 25.9 Å². The lowest BCUT2D eigenvalue weighted by Gasteiger charge is -2.22. The normalized spacial score (nSPS) is 12.5. The van der Waals surface area contributed by atoms with Crippen LogP contribution >= 0.6 is 0 Å². The zero-order valence-corrected chi connectivity index (χ0v) is 49.6. The van der Waals surface area contributed by atoms with Crippen molar-refractivity contribution < 1.29 is 24.5 Å². The first-order valence-electron chi connectivity index (χ1n) is 33.4. The third kappa shape index (κ3) is 59.7. The molecule has 6 nitrogen and oxygen atoms in total. The SMILES string of the molecule is CCCCCC/C=C\CCCCCCCC(=O)OCCCCCCCCCCCCCCCCCCCCCCCCCCCCCCCCCCC(=O)NC(CO)C(O)CCCCCCCCCCCCC. The summed E-state index contributed by atoms with van der Waals surface area (Å²) < 4.78 is 5.48. The molecule has 0 aliphatic heterocycles. The molecule has 0 saturated heterocycles. The molecule has 0 heterocycles. The van der Waals surface area contributed by atoms with E-state index < -0.39 is 12.1 Å². The van der Waals surface area contributed by atoms with Crippen molar-refractivity contribution in [1.82, 2.24) is 5.32 Å². The van der Waals surface area contributed by atoms with Crippen LogP contribution in [0.1, 0.15) is 380 Å². The molecular formula is C67H131NO5. The van der Waals surface area contributed by atoms with Crippen LogP contribution in [0.5, 0.6) is 0 Å². The molecule has 0 aromatic heterocycles. The summed E-state index contributed by atoms with van der Waals surface area (Å²) in [5.41, 5.74) is 0. The average molecular weight is 1030 g/mol. The second kappa shape index (κ2) is 63.1. The van der Waals surface area contributed by atoms with Crippen LogP contribution in [0.3, 0.4) is 0 Å². The number of allylic oxidation sites excluding steroid dienone is 2. The Kier molecular flexibility index (Phi) is 61.9. The first-order valence-corrected chi connectivity index (χ1v) is 33.4. The minimum Gasteiger partial charge on any atom is -0.466 e. The monoisotopic (exact) mass is 1030 g/mol. The van der Waals surface area contributed by atoms with Gasteiger partial charge in [0.05, 0.1) is 25.4 Å². The molecule has 1 amide bonds. The van der Waals surface area contributed by atoms with Crippen LogP contribution in [-0.2, 0) is 14.3 Å². The Morgan fingerprint density at radius 3 is 0.986 bits per heavy atom. The molecule has 0 saturated carbocycles. The third-order valence-corrected chi connectivity index (χ3v) is 15.8. The predicted octanol–water partition coefficient (Wildman–Crippen LogP) is 21.2. The van der Waals surface area contributed by atoms with Crippen molar-refractivity contribution in [2.75, 3.05) is 13.2 Å². The summed E-state index contributed by atoms with van der Waals surface area (Å²) in [5, 5.41) is 23.2. The molecule has 0 aliphatic rings. The highest BCUT2D eigenvalue weighted by molar-refractivity contribution is 5.76. The van der Waals surface area contributed by atoms with Gasteiger partial charge in [0.25, 0.3) is 0 Å². The zero-order chi connectivity index (χ0) is 52.9. The van der Waals surface area contributed by atoms with E-state index in [4.69, 9.17) is 4.74 Å². The van der Waals surface area contributed by atoms with Crippen molar-refractivity contribution in [1.29, 1.82) is 0 Å². The molecule has 0 fully saturated rings. The molecule has 434 valence electrons. The lowest BCUT2D eigenvalue weighted by molar-refractivity contribution is -0.143. The molecule has 2 atom stereocenters. The number of unbranched alkanes of at least 4 members (excludes halogenated alkanes) is 50. The van der Waals surface area contributed by atoms with E-state index >= 15 is 0 Å². The van der Waals surface area contributed by atoms with Crippen LogP contribution in [0.2, 0.25) is 0 Å². The number of carbonyl (C=O) groups excluding carboxylic acids is 2. The van der Waals surface area contributed by atoms with Gasteiger partial charge in [0.1, 0.15) is 0 Å². The van der Waals surface area contributed by atoms with Crippen LogP contribution < -0.4 is 5.32 Å². The number of nitrogens with one attached hydrogen (secondary N) is 1. The Balaban J connectivity index is 3.29. The van der Waals surface area contributed by atoms with Gasteiger partial charge in [-0.15, -0.1) is 0 Å². The molecule has 0 bridgehead atoms. The Hall–Kier alpha value is -1.40. The van der Waals surface area contributed by atoms with Gasteiger partial charge in [0.2, 0.25) is 5.91 Å². The number of hydrogen-bond acceptors (Lipinski definition) is 5. The summed E-state index contributed by atoms with van der Waals surface area (Å²) in [6.45, 7) is 4.95. The number of ether oxygens (including phenoxy) is 1. The standard InChI is InChI=1S/C67H131NO5/c1-3-5-7-9-11-13-15-36-41-45-49-53-57-61-67(72)73-62-58-54-50-46-42-38-35-33-31-29-27-25-23-21-19-17-16-18-20-22-24-26-28-30-32-34-37-40-44-48-52-56-60-66(71)68-64(63-69)65(70)59-55-51-47-43-39-14-12-10-8-6-4-2/h13,15,64-65,69-70H,3-12,14,16-63H2,1-2H3,(H,68,71)/b15-13-. The van der Waals surface area contributed by atoms with Crippen molar-refractivity contribution >= 4 is 11.9 Å². The number of esters is 1. The van der Waals surface area contributed by atoms with E-state index in [1.807, 2.05) is 0 Å². The fraction of sp³-hybridized carbons (Fsp3) is 0.940. The Morgan fingerprint density at radius 2 is 0.644 bits per heavy atom. The number of aliphatic hydroxyl groups excluding tert-OH is 2. The van der Waals surface area contributed by atoms with Crippen LogP contribution in [0.15, 0.2) is 12.2 Å². The van der Waals surface area contributed by atoms with Crippen molar-refractivity contribution in [2.45, 2.75) is 392 Å². The Labute approximate surface area is 457 Å². The van der Waals surface area contributed by atoms with Crippen molar-refractivity contribution in [3.63, 3.8) is 0 Å². The van der Waals surface area contributed by atoms with Gasteiger partial charge in [-0.3, -0.25) is 9.59 Å². The molecule has 2 unspecified atom stereocenters. The van der Waals surface area contributed by atoms with Gasteiger partial charge in [0.15, 0.2) is 0 Å². The van der Waals surface area contributed by atoms with E-state index in [-0.39, 0.29) is 18.5 Å². The second-order valence-corrected chi connectivity index (χ2v) is 23.2. The van der Waals surface area contributed by atoms with Crippen molar-refractivity contribution in [3.8, 4) is 0 Å². The van der Waals surface area contributed by atoms with Gasteiger partial charge in [-0.2, -0.15) is 0 Å². The van der Waals surface area contributed by atoms with Gasteiger partial charge in [0, 0.05) is 12.8 Å². The molecule has 6 heteroatoms. The molecule has 0 aromatic rings. The summed E-state index contributed by atoms with van der Waals surface area (Å²) in [6, 6.07) is -0.535. The number of hydrogen-bond donors (Lipinski definition) is 3. The molecule has 0 radical (unpaired) electrons. The van der Waals surface area contributed by atoms with Gasteiger partial charge >= 0.3 is 5.97 Å². The molecular weight excluding hydrogens is 899 g/mol. The predicted molar refractivity (Wildman–Crippen MR) is 320 cm³/mol. The van der Waals surface area contributed by atoms with E-state index in [2.05, 4.69) is 31.3 Å². The average Bonchev–Trinajstić information content (AvgIpc) is 3.39. The number of carbonyl (C=O) groups is 2. The van der Waals surface area contributed by atoms with Gasteiger partial charge < -0.3 is 20.3 Å². The molecule has 3 N–H and O–H groups in total. The summed E-state index contributed by atoms with van der Waals surface area (Å²) in [5.74, 6) is -0.0170. The minimum atomic E-state index is -0.658. The lowest BCUT2D eigenvalue weighted by atomic mass is 10.0. The van der Waals surface area contributed by atoms with E-state index in [0.717, 1.165) is 44.9 Å². The quantitative estimate of drug-likeness (QED) is 0.0320. The highest BCUT2D eigenvalue weighted by Gasteiger charge is 2.20. The van der Waals surface area contributed by atoms with Crippen LogP contribution in [-0.4, -0.2) is 47.4 Å². The summed E-state index contributed by atoms with van der Waals surface area (Å²) >= 11 is 0. The molecule has 73 heavy (non-hydrogen) atoms. The number of aliphatic hydroxyl groups is 2. The first-order chi connectivity index (χ1) is 36.0. The maximum atomic E-state index is 12.5. The van der Waals surface area contributed by atoms with Crippen molar-refractivity contribution in [2.24, 2.45) is 0 Å². The number of amides is 1. The lowest BCUT2D eigenvalue weighted by Crippen LogP contribution is -2.45. The molecule has 0 aliphatic carbocycles. The third-order valence-electron chi connectivity index (χ3n) is 15.8. The smallest absolute Gasteiger partial charge is 0.305 e. The van der Waals surface area contributed by atoms with Crippen molar-refractivity contribution in [3.05, 3.63) is 12.2 Å². The van der Waals surface area contributed by atoms with Gasteiger partial charge in [-0.05, 0) is 51.4 Å². The molecule has 0 aromatic carbocycles. The summed E-state index contributed by atoms with van der Waals surface area (Å²) in [7, 11) is 0. The van der Waals surface area contributed by atoms with E-state index in [1.165, 1.54) is 302 Å². The largest absolute Gasteiger partial charge is 0.466 e. The zero-order valence-electron chi connectivity index (χ0n) is 49.6. The summed E-state index contributed by atoms with van der Waals surface area (Å²) in [4.78, 5) is 24.5. The van der Waals surface area contributed by atoms with Gasteiger partial charge in [-0.1, -0.05) is 328 Å². The Morgan fingerprint density at radius 1 is 0.370 bits per heavy atom. The molecule has 0 spiro atoms. The second-order valence-electron chi connectivity index (χ2n) is 23.2. The first kappa shape index (κ1) is 71.6. The molecule has 0 rings (SSSR count). The summed E-state index contributed by atoms with van der Waals surface area (Å²) in [6.07, 6.45) is 76.9. The van der Waals surface area contributed by atoms with E-state index in [9.17, 15) is 19.8 Å². The fourth-order valence-electron chi connectivity index (χ4n) is 10.7. The Bertz CT molecular complexity index is 1100. The maximum absolute atomic E-state index is 12.5. The van der Waals surface area contributed by atoms with E-state index in [1.54, 1.807) is 0 Å². The topological polar surface area (TPSA) is 95.9 Å². The van der Waals surface area contributed by atoms with Crippen LogP contribution in [0.25, 0.3) is 0 Å². The highest BCUT2D eigenvalue weighted by Crippen LogP contribution is 2.19. The maximum Gasteiger partial charge on any atom is 0.305 e. The van der Waals surface area contributed by atoms with Gasteiger partial charge in [-0.25, -0.2) is 0 Å². The fourth-order valence-corrected chi connectivity index (χ4v) is 10.7. The van der Waals surface area contributed by atoms with Crippen LogP contribution in [0.4, 0.5) is 0 Å². The van der Waals surface area contributed by atoms with Crippen LogP contribution in [0, 0.1) is 0 Å². The minimum absolute atomic E-state index is 0.0124.